The van der Waals surface area contributed by atoms with Crippen LogP contribution in [0.15, 0.2) is 40.8 Å². The van der Waals surface area contributed by atoms with Crippen molar-refractivity contribution in [1.82, 2.24) is 0 Å². The molecule has 0 spiro atoms. The molecule has 0 bridgehead atoms. The van der Waals surface area contributed by atoms with E-state index in [1.807, 2.05) is 0 Å². The van der Waals surface area contributed by atoms with Crippen LogP contribution in [-0.4, -0.2) is 18.2 Å². The van der Waals surface area contributed by atoms with Crippen molar-refractivity contribution in [3.8, 4) is 0 Å². The molecule has 1 unspecified atom stereocenters. The van der Waals surface area contributed by atoms with Crippen LogP contribution >= 0.6 is 0 Å². The van der Waals surface area contributed by atoms with Gasteiger partial charge in [0.15, 0.2) is 0 Å². The lowest BCUT2D eigenvalue weighted by atomic mass is 9.89. The predicted molar refractivity (Wildman–Crippen MR) is 69.7 cm³/mol. The van der Waals surface area contributed by atoms with Crippen LogP contribution in [0.3, 0.4) is 0 Å². The minimum atomic E-state index is -1.49. The summed E-state index contributed by atoms with van der Waals surface area (Å²) < 4.78 is 23.2. The maximum Gasteiger partial charge on any atom is 0.373 e. The SMILES string of the molecule is CCC(O)(c1cccc(F)c1)c1ccc(C(=O)OC)o1. The number of carbonyl (C=O) groups is 1. The molecule has 0 aliphatic heterocycles. The zero-order chi connectivity index (χ0) is 14.8. The van der Waals surface area contributed by atoms with Crippen LogP contribution in [0.25, 0.3) is 0 Å². The average Bonchev–Trinajstić information content (AvgIpc) is 2.96. The van der Waals surface area contributed by atoms with Gasteiger partial charge in [-0.1, -0.05) is 19.1 Å². The summed E-state index contributed by atoms with van der Waals surface area (Å²) in [4.78, 5) is 11.4. The number of furan rings is 1. The second-order valence-electron chi connectivity index (χ2n) is 4.38. The predicted octanol–water partition coefficient (Wildman–Crippen LogP) is 2.85. The molecule has 0 amide bonds. The summed E-state index contributed by atoms with van der Waals surface area (Å²) >= 11 is 0. The number of rotatable bonds is 4. The average molecular weight is 278 g/mol. The Hall–Kier alpha value is -2.14. The van der Waals surface area contributed by atoms with Crippen LogP contribution in [0.2, 0.25) is 0 Å². The van der Waals surface area contributed by atoms with Gasteiger partial charge in [-0.3, -0.25) is 0 Å². The topological polar surface area (TPSA) is 59.7 Å². The van der Waals surface area contributed by atoms with Crippen molar-refractivity contribution in [2.75, 3.05) is 7.11 Å². The zero-order valence-electron chi connectivity index (χ0n) is 11.2. The molecule has 4 nitrogen and oxygen atoms in total. The number of carbonyl (C=O) groups excluding carboxylic acids is 1. The van der Waals surface area contributed by atoms with Crippen LogP contribution in [-0.2, 0) is 10.3 Å². The highest BCUT2D eigenvalue weighted by atomic mass is 19.1. The number of aliphatic hydroxyl groups is 1. The van der Waals surface area contributed by atoms with E-state index in [0.717, 1.165) is 0 Å². The van der Waals surface area contributed by atoms with E-state index in [1.165, 1.54) is 37.4 Å². The third-order valence-electron chi connectivity index (χ3n) is 3.21. The van der Waals surface area contributed by atoms with Gasteiger partial charge in [0.25, 0.3) is 0 Å². The summed E-state index contributed by atoms with van der Waals surface area (Å²) in [7, 11) is 1.24. The first kappa shape index (κ1) is 14.3. The molecule has 0 saturated carbocycles. The van der Waals surface area contributed by atoms with Gasteiger partial charge >= 0.3 is 5.97 Å². The van der Waals surface area contributed by atoms with Crippen molar-refractivity contribution in [1.29, 1.82) is 0 Å². The van der Waals surface area contributed by atoms with E-state index in [2.05, 4.69) is 4.74 Å². The maximum absolute atomic E-state index is 13.3. The van der Waals surface area contributed by atoms with E-state index in [1.54, 1.807) is 13.0 Å². The van der Waals surface area contributed by atoms with E-state index in [-0.39, 0.29) is 17.9 Å². The Morgan fingerprint density at radius 2 is 2.15 bits per heavy atom. The van der Waals surface area contributed by atoms with E-state index in [9.17, 15) is 14.3 Å². The molecule has 0 aliphatic carbocycles. The largest absolute Gasteiger partial charge is 0.463 e. The molecule has 2 aromatic rings. The van der Waals surface area contributed by atoms with Gasteiger partial charge < -0.3 is 14.3 Å². The Bertz CT molecular complexity index is 620. The standard InChI is InChI=1S/C15H15FO4/c1-3-15(18,10-5-4-6-11(16)9-10)13-8-7-12(20-13)14(17)19-2/h4-9,18H,3H2,1-2H3. The van der Waals surface area contributed by atoms with Gasteiger partial charge in [-0.15, -0.1) is 0 Å². The monoisotopic (exact) mass is 278 g/mol. The van der Waals surface area contributed by atoms with Gasteiger partial charge in [-0.25, -0.2) is 9.18 Å². The van der Waals surface area contributed by atoms with Crippen LogP contribution in [0.5, 0.6) is 0 Å². The lowest BCUT2D eigenvalue weighted by Crippen LogP contribution is -2.25. The van der Waals surface area contributed by atoms with E-state index < -0.39 is 17.4 Å². The van der Waals surface area contributed by atoms with Crippen molar-refractivity contribution in [3.63, 3.8) is 0 Å². The summed E-state index contributed by atoms with van der Waals surface area (Å²) in [6.07, 6.45) is 0.268. The van der Waals surface area contributed by atoms with Crippen LogP contribution in [0.4, 0.5) is 4.39 Å². The van der Waals surface area contributed by atoms with Crippen LogP contribution in [0, 0.1) is 5.82 Å². The number of hydrogen-bond acceptors (Lipinski definition) is 4. The fourth-order valence-corrected chi connectivity index (χ4v) is 2.04. The minimum Gasteiger partial charge on any atom is -0.463 e. The van der Waals surface area contributed by atoms with Crippen molar-refractivity contribution < 1.29 is 23.4 Å². The molecule has 0 radical (unpaired) electrons. The Balaban J connectivity index is 2.45. The highest BCUT2D eigenvalue weighted by Crippen LogP contribution is 2.34. The Morgan fingerprint density at radius 1 is 1.40 bits per heavy atom. The first-order chi connectivity index (χ1) is 9.51. The van der Waals surface area contributed by atoms with Gasteiger partial charge in [-0.05, 0) is 36.2 Å². The highest BCUT2D eigenvalue weighted by molar-refractivity contribution is 5.86. The van der Waals surface area contributed by atoms with Gasteiger partial charge in [0.05, 0.1) is 7.11 Å². The van der Waals surface area contributed by atoms with Gasteiger partial charge in [0, 0.05) is 0 Å². The maximum atomic E-state index is 13.3. The molecule has 20 heavy (non-hydrogen) atoms. The molecule has 2 rings (SSSR count). The fourth-order valence-electron chi connectivity index (χ4n) is 2.04. The van der Waals surface area contributed by atoms with E-state index in [0.29, 0.717) is 5.56 Å². The molecular weight excluding hydrogens is 263 g/mol. The smallest absolute Gasteiger partial charge is 0.373 e. The summed E-state index contributed by atoms with van der Waals surface area (Å²) in [5, 5.41) is 10.7. The van der Waals surface area contributed by atoms with Gasteiger partial charge in [0.1, 0.15) is 17.2 Å². The third-order valence-corrected chi connectivity index (χ3v) is 3.21. The Kier molecular flexibility index (Phi) is 3.90. The first-order valence-electron chi connectivity index (χ1n) is 6.18. The van der Waals surface area contributed by atoms with Crippen molar-refractivity contribution in [3.05, 3.63) is 59.3 Å². The number of methoxy groups -OCH3 is 1. The molecule has 0 saturated heterocycles. The Morgan fingerprint density at radius 3 is 2.75 bits per heavy atom. The number of ether oxygens (including phenoxy) is 1. The van der Waals surface area contributed by atoms with E-state index >= 15 is 0 Å². The molecule has 106 valence electrons. The van der Waals surface area contributed by atoms with Gasteiger partial charge in [-0.2, -0.15) is 0 Å². The summed E-state index contributed by atoms with van der Waals surface area (Å²) in [6.45, 7) is 1.74. The number of esters is 1. The lowest BCUT2D eigenvalue weighted by Gasteiger charge is -2.25. The molecule has 5 heteroatoms. The molecule has 0 fully saturated rings. The highest BCUT2D eigenvalue weighted by Gasteiger charge is 2.34. The summed E-state index contributed by atoms with van der Waals surface area (Å²) in [5.74, 6) is -0.917. The van der Waals surface area contributed by atoms with Crippen molar-refractivity contribution >= 4 is 5.97 Å². The van der Waals surface area contributed by atoms with Crippen molar-refractivity contribution in [2.24, 2.45) is 0 Å². The van der Waals surface area contributed by atoms with Crippen LogP contribution in [0.1, 0.15) is 35.2 Å². The van der Waals surface area contributed by atoms with Gasteiger partial charge in [0.2, 0.25) is 5.76 Å². The first-order valence-corrected chi connectivity index (χ1v) is 6.18. The lowest BCUT2D eigenvalue weighted by molar-refractivity contribution is 0.0441. The number of hydrogen-bond donors (Lipinski definition) is 1. The molecule has 1 atom stereocenters. The fraction of sp³-hybridized carbons (Fsp3) is 0.267. The quantitative estimate of drug-likeness (QED) is 0.874. The Labute approximate surface area is 115 Å². The normalized spacial score (nSPS) is 13.8. The molecular formula is C15H15FO4. The zero-order valence-corrected chi connectivity index (χ0v) is 11.2. The minimum absolute atomic E-state index is 0.00854. The van der Waals surface area contributed by atoms with Crippen LogP contribution < -0.4 is 0 Å². The third kappa shape index (κ3) is 2.44. The molecule has 1 heterocycles. The second-order valence-corrected chi connectivity index (χ2v) is 4.38. The van der Waals surface area contributed by atoms with E-state index in [4.69, 9.17) is 4.42 Å². The molecule has 0 aliphatic rings. The summed E-state index contributed by atoms with van der Waals surface area (Å²) in [5.41, 5.74) is -1.13. The number of halogens is 1. The summed E-state index contributed by atoms with van der Waals surface area (Å²) in [6, 6.07) is 8.55. The second kappa shape index (κ2) is 5.46. The molecule has 1 aromatic heterocycles. The number of benzene rings is 1. The van der Waals surface area contributed by atoms with Crippen molar-refractivity contribution in [2.45, 2.75) is 18.9 Å². The molecule has 1 aromatic carbocycles. The molecule has 1 N–H and O–H groups in total.